The maximum absolute atomic E-state index is 12.3. The number of carbonyl (C=O) groups excluding carboxylic acids is 1. The molecule has 2 heterocycles. The Morgan fingerprint density at radius 3 is 2.71 bits per heavy atom. The number of carbonyl (C=O) groups is 1. The Bertz CT molecular complexity index is 931. The summed E-state index contributed by atoms with van der Waals surface area (Å²) in [7, 11) is 0. The molecule has 1 aliphatic rings. The highest BCUT2D eigenvalue weighted by Gasteiger charge is 2.28. The lowest BCUT2D eigenvalue weighted by atomic mass is 10.1. The molecule has 1 aromatic heterocycles. The summed E-state index contributed by atoms with van der Waals surface area (Å²) in [5.41, 5.74) is 3.11. The monoisotopic (exact) mass is 336 g/mol. The molecule has 0 bridgehead atoms. The molecule has 5 heteroatoms. The van der Waals surface area contributed by atoms with E-state index in [-0.39, 0.29) is 12.0 Å². The van der Waals surface area contributed by atoms with E-state index >= 15 is 0 Å². The molecule has 0 saturated heterocycles. The number of nitrogens with zero attached hydrogens (tertiary/aromatic N) is 2. The Morgan fingerprint density at radius 2 is 1.92 bits per heavy atom. The number of esters is 1. The highest BCUT2D eigenvalue weighted by Crippen LogP contribution is 2.41. The van der Waals surface area contributed by atoms with Crippen LogP contribution in [0.25, 0.3) is 11.0 Å². The van der Waals surface area contributed by atoms with Crippen LogP contribution in [0.3, 0.4) is 0 Å². The number of fused-ring (bicyclic) bond motifs is 3. The van der Waals surface area contributed by atoms with Crippen LogP contribution in [0.4, 0.5) is 0 Å². The fraction of sp³-hybridized carbons (Fsp3) is 0.158. The zero-order chi connectivity index (χ0) is 16.5. The number of thioether (sulfide) groups is 1. The van der Waals surface area contributed by atoms with Crippen LogP contribution in [-0.2, 0) is 9.53 Å². The summed E-state index contributed by atoms with van der Waals surface area (Å²) >= 11 is 1.37. The van der Waals surface area contributed by atoms with Crippen LogP contribution in [0.1, 0.15) is 18.5 Å². The van der Waals surface area contributed by atoms with E-state index in [0.717, 1.165) is 21.8 Å². The number of aromatic nitrogens is 2. The minimum Gasteiger partial charge on any atom is -0.462 e. The lowest BCUT2D eigenvalue weighted by Crippen LogP contribution is -2.17. The summed E-state index contributed by atoms with van der Waals surface area (Å²) in [6.45, 7) is 2.18. The lowest BCUT2D eigenvalue weighted by molar-refractivity contribution is -0.137. The molecular formula is C19H16N2O2S. The van der Waals surface area contributed by atoms with Crippen molar-refractivity contribution < 1.29 is 9.53 Å². The van der Waals surface area contributed by atoms with Gasteiger partial charge in [0.25, 0.3) is 0 Å². The first-order valence-electron chi connectivity index (χ1n) is 7.86. The van der Waals surface area contributed by atoms with Crippen LogP contribution in [0.2, 0.25) is 0 Å². The van der Waals surface area contributed by atoms with Gasteiger partial charge in [-0.15, -0.1) is 0 Å². The van der Waals surface area contributed by atoms with Crippen LogP contribution >= 0.6 is 11.8 Å². The second kappa shape index (κ2) is 6.17. The van der Waals surface area contributed by atoms with Gasteiger partial charge in [-0.25, -0.2) is 9.78 Å². The molecule has 1 atom stereocenters. The molecule has 4 rings (SSSR count). The Kier molecular flexibility index (Phi) is 3.86. The minimum atomic E-state index is -0.290. The van der Waals surface area contributed by atoms with Crippen molar-refractivity contribution in [1.29, 1.82) is 0 Å². The predicted molar refractivity (Wildman–Crippen MR) is 94.9 cm³/mol. The molecule has 0 amide bonds. The largest absolute Gasteiger partial charge is 0.462 e. The van der Waals surface area contributed by atoms with Gasteiger partial charge in [0.1, 0.15) is 0 Å². The molecule has 2 aromatic carbocycles. The summed E-state index contributed by atoms with van der Waals surface area (Å²) in [4.78, 5) is 17.5. The first kappa shape index (κ1) is 15.0. The molecule has 120 valence electrons. The van der Waals surface area contributed by atoms with Crippen molar-refractivity contribution in [3.63, 3.8) is 0 Å². The number of allylic oxidation sites excluding steroid dienone is 1. The van der Waals surface area contributed by atoms with Crippen LogP contribution in [0, 0.1) is 0 Å². The third kappa shape index (κ3) is 2.51. The van der Waals surface area contributed by atoms with Gasteiger partial charge in [-0.05, 0) is 42.5 Å². The maximum atomic E-state index is 12.3. The van der Waals surface area contributed by atoms with E-state index in [4.69, 9.17) is 9.72 Å². The molecule has 1 aliphatic heterocycles. The highest BCUT2D eigenvalue weighted by atomic mass is 32.2. The van der Waals surface area contributed by atoms with Gasteiger partial charge in [0, 0.05) is 0 Å². The Balaban J connectivity index is 1.89. The number of hydrogen-bond acceptors (Lipinski definition) is 4. The van der Waals surface area contributed by atoms with E-state index in [9.17, 15) is 4.79 Å². The average Bonchev–Trinajstić information content (AvgIpc) is 3.00. The molecule has 0 N–H and O–H groups in total. The van der Waals surface area contributed by atoms with Crippen molar-refractivity contribution in [2.75, 3.05) is 6.61 Å². The van der Waals surface area contributed by atoms with E-state index in [1.807, 2.05) is 49.4 Å². The van der Waals surface area contributed by atoms with Crippen LogP contribution in [-0.4, -0.2) is 22.1 Å². The fourth-order valence-corrected chi connectivity index (χ4v) is 3.91. The second-order valence-electron chi connectivity index (χ2n) is 5.46. The molecule has 24 heavy (non-hydrogen) atoms. The number of ether oxygens (including phenoxy) is 1. The third-order valence-electron chi connectivity index (χ3n) is 3.97. The summed E-state index contributed by atoms with van der Waals surface area (Å²) in [6, 6.07) is 18.1. The van der Waals surface area contributed by atoms with Crippen molar-refractivity contribution >= 4 is 28.8 Å². The van der Waals surface area contributed by atoms with Gasteiger partial charge in [-0.3, -0.25) is 0 Å². The van der Waals surface area contributed by atoms with Crippen molar-refractivity contribution in [2.24, 2.45) is 0 Å². The van der Waals surface area contributed by atoms with Crippen molar-refractivity contribution in [2.45, 2.75) is 18.1 Å². The SMILES string of the molecule is CCOC(=O)C1=CC(c2ccccc2)n2c(nc3ccccc32)S1. The van der Waals surface area contributed by atoms with Crippen molar-refractivity contribution in [1.82, 2.24) is 9.55 Å². The molecule has 1 unspecified atom stereocenters. The van der Waals surface area contributed by atoms with E-state index in [1.165, 1.54) is 11.8 Å². The summed E-state index contributed by atoms with van der Waals surface area (Å²) < 4.78 is 7.37. The molecule has 0 fully saturated rings. The number of hydrogen-bond donors (Lipinski definition) is 0. The Labute approximate surface area is 144 Å². The first-order chi connectivity index (χ1) is 11.8. The number of para-hydroxylation sites is 2. The smallest absolute Gasteiger partial charge is 0.344 e. The van der Waals surface area contributed by atoms with Gasteiger partial charge in [0.2, 0.25) is 0 Å². The van der Waals surface area contributed by atoms with Gasteiger partial charge in [0.15, 0.2) is 5.16 Å². The van der Waals surface area contributed by atoms with Crippen molar-refractivity contribution in [3.05, 3.63) is 71.1 Å². The molecule has 0 radical (unpaired) electrons. The normalized spacial score (nSPS) is 16.5. The topological polar surface area (TPSA) is 44.1 Å². The summed E-state index contributed by atoms with van der Waals surface area (Å²) in [5, 5.41) is 0.815. The van der Waals surface area contributed by atoms with Gasteiger partial charge < -0.3 is 9.30 Å². The van der Waals surface area contributed by atoms with E-state index < -0.39 is 0 Å². The predicted octanol–water partition coefficient (Wildman–Crippen LogP) is 4.18. The Hall–Kier alpha value is -2.53. The second-order valence-corrected chi connectivity index (χ2v) is 6.47. The van der Waals surface area contributed by atoms with Crippen molar-refractivity contribution in [3.8, 4) is 0 Å². The zero-order valence-corrected chi connectivity index (χ0v) is 14.0. The quantitative estimate of drug-likeness (QED) is 0.673. The fourth-order valence-electron chi connectivity index (χ4n) is 2.92. The average molecular weight is 336 g/mol. The van der Waals surface area contributed by atoms with E-state index in [1.54, 1.807) is 0 Å². The number of imidazole rings is 1. The van der Waals surface area contributed by atoms with Gasteiger partial charge in [-0.1, -0.05) is 42.5 Å². The maximum Gasteiger partial charge on any atom is 0.344 e. The Morgan fingerprint density at radius 1 is 1.17 bits per heavy atom. The standard InChI is InChI=1S/C19H16N2O2S/c1-2-23-18(22)17-12-16(13-8-4-3-5-9-13)21-15-11-7-6-10-14(15)20-19(21)24-17/h3-12,16H,2H2,1H3. The minimum absolute atomic E-state index is 0.0748. The highest BCUT2D eigenvalue weighted by molar-refractivity contribution is 8.03. The molecular weight excluding hydrogens is 320 g/mol. The van der Waals surface area contributed by atoms with E-state index in [2.05, 4.69) is 22.8 Å². The molecule has 3 aromatic rings. The van der Waals surface area contributed by atoms with Gasteiger partial charge >= 0.3 is 5.97 Å². The molecule has 0 saturated carbocycles. The molecule has 0 spiro atoms. The third-order valence-corrected chi connectivity index (χ3v) is 4.96. The molecule has 4 nitrogen and oxygen atoms in total. The number of rotatable bonds is 3. The molecule has 0 aliphatic carbocycles. The van der Waals surface area contributed by atoms with Crippen LogP contribution < -0.4 is 0 Å². The zero-order valence-electron chi connectivity index (χ0n) is 13.2. The van der Waals surface area contributed by atoms with E-state index in [0.29, 0.717) is 11.5 Å². The number of benzene rings is 2. The lowest BCUT2D eigenvalue weighted by Gasteiger charge is -2.24. The summed E-state index contributed by atoms with van der Waals surface area (Å²) in [6.07, 6.45) is 1.97. The van der Waals surface area contributed by atoms with Crippen LogP contribution in [0.15, 0.2) is 70.7 Å². The van der Waals surface area contributed by atoms with Crippen LogP contribution in [0.5, 0.6) is 0 Å². The first-order valence-corrected chi connectivity index (χ1v) is 8.68. The summed E-state index contributed by atoms with van der Waals surface area (Å²) in [5.74, 6) is -0.290. The van der Waals surface area contributed by atoms with Gasteiger partial charge in [0.05, 0.1) is 28.6 Å². The van der Waals surface area contributed by atoms with Gasteiger partial charge in [-0.2, -0.15) is 0 Å².